The number of hydrogen-bond donors (Lipinski definition) is 1. The lowest BCUT2D eigenvalue weighted by molar-refractivity contribution is -0.108. The minimum Gasteiger partial charge on any atom is -0.279 e. The first-order chi connectivity index (χ1) is 3.81. The van der Waals surface area contributed by atoms with Crippen LogP contribution in [0.2, 0.25) is 0 Å². The third-order valence-corrected chi connectivity index (χ3v) is 0.429. The minimum absolute atomic E-state index is 0.287. The Hall–Kier alpha value is -1.19. The number of imide groups is 1. The molecule has 0 aliphatic rings. The van der Waals surface area contributed by atoms with Crippen molar-refractivity contribution in [2.45, 2.75) is 6.92 Å². The Balaban J connectivity index is 3.48. The molecule has 0 atom stereocenters. The van der Waals surface area contributed by atoms with Crippen LogP contribution < -0.4 is 5.32 Å². The molecule has 0 aromatic heterocycles. The SMILES string of the molecule is C/C=N/C(=O)NC=O. The monoisotopic (exact) mass is 114 g/mol. The summed E-state index contributed by atoms with van der Waals surface area (Å²) in [6.07, 6.45) is 1.59. The van der Waals surface area contributed by atoms with Gasteiger partial charge in [-0.05, 0) is 6.92 Å². The average Bonchev–Trinajstić information content (AvgIpc) is 1.68. The molecule has 0 aliphatic heterocycles. The maximum absolute atomic E-state index is 10.1. The van der Waals surface area contributed by atoms with Gasteiger partial charge in [0.25, 0.3) is 0 Å². The van der Waals surface area contributed by atoms with Crippen molar-refractivity contribution in [2.24, 2.45) is 4.99 Å². The smallest absolute Gasteiger partial charge is 0.279 e. The third kappa shape index (κ3) is 3.02. The van der Waals surface area contributed by atoms with E-state index in [-0.39, 0.29) is 6.41 Å². The average molecular weight is 114 g/mol. The van der Waals surface area contributed by atoms with E-state index >= 15 is 0 Å². The van der Waals surface area contributed by atoms with E-state index in [4.69, 9.17) is 0 Å². The molecule has 4 heteroatoms. The van der Waals surface area contributed by atoms with Gasteiger partial charge in [-0.25, -0.2) is 9.79 Å². The summed E-state index contributed by atoms with van der Waals surface area (Å²) in [4.78, 5) is 22.8. The van der Waals surface area contributed by atoms with Gasteiger partial charge in [0.1, 0.15) is 0 Å². The van der Waals surface area contributed by atoms with Gasteiger partial charge in [-0.3, -0.25) is 10.1 Å². The van der Waals surface area contributed by atoms with Gasteiger partial charge in [-0.1, -0.05) is 0 Å². The molecular formula is C4H6N2O2. The highest BCUT2D eigenvalue weighted by atomic mass is 16.2. The van der Waals surface area contributed by atoms with Crippen molar-refractivity contribution in [2.75, 3.05) is 0 Å². The zero-order valence-electron chi connectivity index (χ0n) is 4.42. The van der Waals surface area contributed by atoms with Gasteiger partial charge in [0.2, 0.25) is 6.41 Å². The molecule has 0 fully saturated rings. The second kappa shape index (κ2) is 3.98. The van der Waals surface area contributed by atoms with Crippen LogP contribution in [0.1, 0.15) is 6.92 Å². The fraction of sp³-hybridized carbons (Fsp3) is 0.250. The Morgan fingerprint density at radius 1 is 1.75 bits per heavy atom. The summed E-state index contributed by atoms with van der Waals surface area (Å²) in [7, 11) is 0. The van der Waals surface area contributed by atoms with Crippen LogP contribution in [0.3, 0.4) is 0 Å². The van der Waals surface area contributed by atoms with Crippen LogP contribution in [0.5, 0.6) is 0 Å². The highest BCUT2D eigenvalue weighted by Crippen LogP contribution is 1.65. The molecule has 0 rings (SSSR count). The highest BCUT2D eigenvalue weighted by molar-refractivity contribution is 5.89. The first-order valence-electron chi connectivity index (χ1n) is 2.04. The van der Waals surface area contributed by atoms with Gasteiger partial charge < -0.3 is 0 Å². The normalized spacial score (nSPS) is 9.12. The maximum Gasteiger partial charge on any atom is 0.346 e. The molecular weight excluding hydrogens is 108 g/mol. The van der Waals surface area contributed by atoms with Crippen molar-refractivity contribution < 1.29 is 9.59 Å². The first-order valence-corrected chi connectivity index (χ1v) is 2.04. The summed E-state index contributed by atoms with van der Waals surface area (Å²) in [5.41, 5.74) is 0. The van der Waals surface area contributed by atoms with Crippen molar-refractivity contribution >= 4 is 18.7 Å². The van der Waals surface area contributed by atoms with E-state index in [1.807, 2.05) is 5.32 Å². The van der Waals surface area contributed by atoms with Gasteiger partial charge in [0, 0.05) is 6.21 Å². The molecule has 8 heavy (non-hydrogen) atoms. The molecule has 0 bridgehead atoms. The van der Waals surface area contributed by atoms with E-state index in [1.54, 1.807) is 6.92 Å². The number of nitrogens with zero attached hydrogens (tertiary/aromatic N) is 1. The van der Waals surface area contributed by atoms with Crippen LogP contribution in [0.25, 0.3) is 0 Å². The fourth-order valence-electron chi connectivity index (χ4n) is 0.205. The van der Waals surface area contributed by atoms with Crippen LogP contribution in [-0.2, 0) is 4.79 Å². The lowest BCUT2D eigenvalue weighted by Gasteiger charge is -1.82. The van der Waals surface area contributed by atoms with E-state index in [9.17, 15) is 9.59 Å². The summed E-state index contributed by atoms with van der Waals surface area (Å²) >= 11 is 0. The van der Waals surface area contributed by atoms with Gasteiger partial charge in [0.05, 0.1) is 0 Å². The molecule has 0 aliphatic carbocycles. The Kier molecular flexibility index (Phi) is 3.39. The van der Waals surface area contributed by atoms with Gasteiger partial charge in [-0.15, -0.1) is 0 Å². The van der Waals surface area contributed by atoms with Crippen LogP contribution in [0, 0.1) is 0 Å². The predicted molar refractivity (Wildman–Crippen MR) is 28.8 cm³/mol. The first kappa shape index (κ1) is 6.81. The van der Waals surface area contributed by atoms with E-state index in [1.165, 1.54) is 6.21 Å². The number of amides is 3. The van der Waals surface area contributed by atoms with Crippen molar-refractivity contribution in [3.05, 3.63) is 0 Å². The molecule has 3 amide bonds. The lowest BCUT2D eigenvalue weighted by atomic mass is 10.8. The van der Waals surface area contributed by atoms with Gasteiger partial charge in [-0.2, -0.15) is 0 Å². The summed E-state index contributed by atoms with van der Waals surface area (Å²) < 4.78 is 0. The van der Waals surface area contributed by atoms with Crippen molar-refractivity contribution in [1.82, 2.24) is 5.32 Å². The molecule has 0 unspecified atom stereocenters. The number of nitrogens with one attached hydrogen (secondary N) is 1. The molecule has 0 aromatic rings. The number of carbonyl (C=O) groups is 2. The Labute approximate surface area is 46.6 Å². The second-order valence-electron chi connectivity index (χ2n) is 0.955. The maximum atomic E-state index is 10.1. The van der Waals surface area contributed by atoms with Gasteiger partial charge >= 0.3 is 6.03 Å². The fourth-order valence-corrected chi connectivity index (χ4v) is 0.205. The van der Waals surface area contributed by atoms with E-state index in [2.05, 4.69) is 4.99 Å². The van der Waals surface area contributed by atoms with E-state index in [0.717, 1.165) is 0 Å². The standard InChI is InChI=1S/C4H6N2O2/c1-2-5-4(8)6-3-7/h2-3H,1H3,(H,6,7,8)/b5-2+. The van der Waals surface area contributed by atoms with Crippen molar-refractivity contribution in [3.63, 3.8) is 0 Å². The molecule has 0 saturated carbocycles. The second-order valence-corrected chi connectivity index (χ2v) is 0.955. The molecule has 0 heterocycles. The quantitative estimate of drug-likeness (QED) is 0.383. The third-order valence-electron chi connectivity index (χ3n) is 0.429. The zero-order chi connectivity index (χ0) is 6.41. The number of urea groups is 1. The summed E-state index contributed by atoms with van der Waals surface area (Å²) in [5.74, 6) is 0. The van der Waals surface area contributed by atoms with Crippen LogP contribution in [0.4, 0.5) is 4.79 Å². The molecule has 44 valence electrons. The van der Waals surface area contributed by atoms with Crippen LogP contribution in [-0.4, -0.2) is 18.7 Å². The summed E-state index contributed by atoms with van der Waals surface area (Å²) in [6, 6.07) is -0.637. The Morgan fingerprint density at radius 3 is 2.75 bits per heavy atom. The molecule has 4 nitrogen and oxygen atoms in total. The topological polar surface area (TPSA) is 58.5 Å². The molecule has 0 saturated heterocycles. The molecule has 0 aromatic carbocycles. The van der Waals surface area contributed by atoms with E-state index in [0.29, 0.717) is 0 Å². The lowest BCUT2D eigenvalue weighted by Crippen LogP contribution is -2.16. The highest BCUT2D eigenvalue weighted by Gasteiger charge is 1.87. The zero-order valence-corrected chi connectivity index (χ0v) is 4.42. The molecule has 1 N–H and O–H groups in total. The minimum atomic E-state index is -0.637. The molecule has 0 radical (unpaired) electrons. The number of aliphatic imine (C=N–C) groups is 1. The number of rotatable bonds is 1. The van der Waals surface area contributed by atoms with Crippen molar-refractivity contribution in [3.8, 4) is 0 Å². The van der Waals surface area contributed by atoms with E-state index < -0.39 is 6.03 Å². The Bertz CT molecular complexity index is 119. The number of hydrogen-bond acceptors (Lipinski definition) is 2. The summed E-state index contributed by atoms with van der Waals surface area (Å²) in [5, 5.41) is 1.83. The van der Waals surface area contributed by atoms with Crippen LogP contribution in [0.15, 0.2) is 4.99 Å². The number of carbonyl (C=O) groups excluding carboxylic acids is 2. The van der Waals surface area contributed by atoms with Gasteiger partial charge in [0.15, 0.2) is 0 Å². The largest absolute Gasteiger partial charge is 0.346 e. The summed E-state index contributed by atoms with van der Waals surface area (Å²) in [6.45, 7) is 1.59. The van der Waals surface area contributed by atoms with Crippen LogP contribution >= 0.6 is 0 Å². The van der Waals surface area contributed by atoms with Crippen molar-refractivity contribution in [1.29, 1.82) is 0 Å². The molecule has 0 spiro atoms. The predicted octanol–water partition coefficient (Wildman–Crippen LogP) is -0.0569. The Morgan fingerprint density at radius 2 is 2.38 bits per heavy atom.